The highest BCUT2D eigenvalue weighted by atomic mass is 32.2. The number of para-hydroxylation sites is 2. The molecule has 2 amide bonds. The van der Waals surface area contributed by atoms with Crippen LogP contribution in [0.15, 0.2) is 72.8 Å². The molecule has 0 fully saturated rings. The molecule has 1 aromatic heterocycles. The number of imidazole rings is 1. The van der Waals surface area contributed by atoms with Crippen molar-refractivity contribution in [3.8, 4) is 11.4 Å². The Labute approximate surface area is 184 Å². The second-order valence-corrected chi connectivity index (χ2v) is 8.12. The van der Waals surface area contributed by atoms with E-state index in [1.165, 1.54) is 11.8 Å². The van der Waals surface area contributed by atoms with Gasteiger partial charge in [-0.1, -0.05) is 29.8 Å². The Morgan fingerprint density at radius 1 is 0.839 bits per heavy atom. The first-order valence-electron chi connectivity index (χ1n) is 9.86. The van der Waals surface area contributed by atoms with Gasteiger partial charge in [0.2, 0.25) is 11.8 Å². The predicted octanol–water partition coefficient (Wildman–Crippen LogP) is 4.85. The van der Waals surface area contributed by atoms with Crippen LogP contribution in [0.3, 0.4) is 0 Å². The summed E-state index contributed by atoms with van der Waals surface area (Å²) in [6.07, 6.45) is 0. The first-order chi connectivity index (χ1) is 15.1. The summed E-state index contributed by atoms with van der Waals surface area (Å²) in [5.74, 6) is 0.925. The first kappa shape index (κ1) is 20.7. The van der Waals surface area contributed by atoms with Crippen molar-refractivity contribution in [3.63, 3.8) is 0 Å². The molecule has 0 radical (unpaired) electrons. The third kappa shape index (κ3) is 5.52. The standard InChI is InChI=1S/C24H22N4O2S/c1-16-6-10-18(11-7-16)25-22(29)14-31-15-23(30)26-19-12-8-17(9-13-19)24-27-20-4-2-3-5-21(20)28-24/h2-13H,14-15H2,1H3,(H,25,29)(H,26,30)(H,27,28). The topological polar surface area (TPSA) is 86.9 Å². The summed E-state index contributed by atoms with van der Waals surface area (Å²) in [6.45, 7) is 1.99. The number of hydrogen-bond donors (Lipinski definition) is 3. The van der Waals surface area contributed by atoms with Crippen molar-refractivity contribution >= 4 is 46.0 Å². The Morgan fingerprint density at radius 2 is 1.42 bits per heavy atom. The monoisotopic (exact) mass is 430 g/mol. The fourth-order valence-corrected chi connectivity index (χ4v) is 3.69. The number of H-pyrrole nitrogens is 1. The van der Waals surface area contributed by atoms with Crippen LogP contribution >= 0.6 is 11.8 Å². The van der Waals surface area contributed by atoms with Gasteiger partial charge >= 0.3 is 0 Å². The molecule has 31 heavy (non-hydrogen) atoms. The van der Waals surface area contributed by atoms with Gasteiger partial charge in [0.25, 0.3) is 0 Å². The predicted molar refractivity (Wildman–Crippen MR) is 127 cm³/mol. The number of rotatable bonds is 7. The number of fused-ring (bicyclic) bond motifs is 1. The van der Waals surface area contributed by atoms with E-state index >= 15 is 0 Å². The van der Waals surface area contributed by atoms with Crippen LogP contribution in [0.1, 0.15) is 5.56 Å². The van der Waals surface area contributed by atoms with Crippen LogP contribution in [0.25, 0.3) is 22.4 Å². The van der Waals surface area contributed by atoms with Gasteiger partial charge in [-0.2, -0.15) is 0 Å². The number of amides is 2. The number of aromatic amines is 1. The van der Waals surface area contributed by atoms with E-state index in [1.807, 2.05) is 79.7 Å². The highest BCUT2D eigenvalue weighted by Gasteiger charge is 2.08. The molecule has 0 aliphatic rings. The molecule has 0 atom stereocenters. The van der Waals surface area contributed by atoms with E-state index in [4.69, 9.17) is 0 Å². The molecule has 0 aliphatic carbocycles. The van der Waals surface area contributed by atoms with Gasteiger partial charge in [-0.3, -0.25) is 9.59 Å². The SMILES string of the molecule is Cc1ccc(NC(=O)CSCC(=O)Nc2ccc(-c3nc4ccccc4[nH]3)cc2)cc1. The lowest BCUT2D eigenvalue weighted by Gasteiger charge is -2.07. The normalized spacial score (nSPS) is 10.7. The number of anilines is 2. The molecule has 4 aromatic rings. The van der Waals surface area contributed by atoms with Crippen LogP contribution < -0.4 is 10.6 Å². The number of benzene rings is 3. The summed E-state index contributed by atoms with van der Waals surface area (Å²) in [6, 6.07) is 23.0. The number of thioether (sulfide) groups is 1. The van der Waals surface area contributed by atoms with E-state index in [0.717, 1.165) is 33.7 Å². The van der Waals surface area contributed by atoms with Crippen molar-refractivity contribution in [2.45, 2.75) is 6.92 Å². The van der Waals surface area contributed by atoms with Gasteiger partial charge in [0, 0.05) is 16.9 Å². The van der Waals surface area contributed by atoms with Crippen LogP contribution in [0.5, 0.6) is 0 Å². The largest absolute Gasteiger partial charge is 0.338 e. The maximum atomic E-state index is 12.2. The van der Waals surface area contributed by atoms with Crippen molar-refractivity contribution in [2.75, 3.05) is 22.1 Å². The quantitative estimate of drug-likeness (QED) is 0.391. The average molecular weight is 431 g/mol. The van der Waals surface area contributed by atoms with Gasteiger partial charge in [-0.15, -0.1) is 11.8 Å². The molecule has 4 rings (SSSR count). The van der Waals surface area contributed by atoms with Gasteiger partial charge in [-0.25, -0.2) is 4.98 Å². The van der Waals surface area contributed by atoms with E-state index in [9.17, 15) is 9.59 Å². The molecular formula is C24H22N4O2S. The Balaban J connectivity index is 1.25. The maximum absolute atomic E-state index is 12.2. The average Bonchev–Trinajstić information content (AvgIpc) is 3.20. The fraction of sp³-hybridized carbons (Fsp3) is 0.125. The van der Waals surface area contributed by atoms with Crippen molar-refractivity contribution < 1.29 is 9.59 Å². The Hall–Kier alpha value is -3.58. The van der Waals surface area contributed by atoms with Crippen molar-refractivity contribution in [1.82, 2.24) is 9.97 Å². The minimum atomic E-state index is -0.148. The molecule has 0 aliphatic heterocycles. The van der Waals surface area contributed by atoms with E-state index < -0.39 is 0 Å². The maximum Gasteiger partial charge on any atom is 0.234 e. The summed E-state index contributed by atoms with van der Waals surface area (Å²) in [7, 11) is 0. The smallest absolute Gasteiger partial charge is 0.234 e. The second-order valence-electron chi connectivity index (χ2n) is 7.14. The number of hydrogen-bond acceptors (Lipinski definition) is 4. The van der Waals surface area contributed by atoms with Crippen molar-refractivity contribution in [2.24, 2.45) is 0 Å². The molecule has 3 N–H and O–H groups in total. The molecular weight excluding hydrogens is 408 g/mol. The van der Waals surface area contributed by atoms with Gasteiger partial charge in [-0.05, 0) is 55.5 Å². The summed E-state index contributed by atoms with van der Waals surface area (Å²) < 4.78 is 0. The molecule has 0 bridgehead atoms. The zero-order valence-electron chi connectivity index (χ0n) is 17.0. The molecule has 7 heteroatoms. The number of nitrogens with zero attached hydrogens (tertiary/aromatic N) is 1. The number of nitrogens with one attached hydrogen (secondary N) is 3. The van der Waals surface area contributed by atoms with Crippen molar-refractivity contribution in [1.29, 1.82) is 0 Å². The summed E-state index contributed by atoms with van der Waals surface area (Å²) in [5, 5.41) is 5.68. The fourth-order valence-electron chi connectivity index (χ4n) is 3.07. The summed E-state index contributed by atoms with van der Waals surface area (Å²) >= 11 is 1.27. The third-order valence-corrected chi connectivity index (χ3v) is 5.57. The van der Waals surface area contributed by atoms with E-state index in [2.05, 4.69) is 20.6 Å². The first-order valence-corrected chi connectivity index (χ1v) is 11.0. The van der Waals surface area contributed by atoms with Crippen LogP contribution in [0.2, 0.25) is 0 Å². The number of carbonyl (C=O) groups is 2. The lowest BCUT2D eigenvalue weighted by atomic mass is 10.2. The van der Waals surface area contributed by atoms with Crippen LogP contribution in [-0.4, -0.2) is 33.3 Å². The molecule has 0 saturated heterocycles. The molecule has 6 nitrogen and oxygen atoms in total. The Morgan fingerprint density at radius 3 is 2.03 bits per heavy atom. The van der Waals surface area contributed by atoms with Gasteiger partial charge in [0.05, 0.1) is 22.5 Å². The van der Waals surface area contributed by atoms with Gasteiger partial charge < -0.3 is 15.6 Å². The van der Waals surface area contributed by atoms with E-state index in [1.54, 1.807) is 0 Å². The molecule has 1 heterocycles. The van der Waals surface area contributed by atoms with Crippen LogP contribution in [0, 0.1) is 6.92 Å². The Kier molecular flexibility index (Phi) is 6.33. The Bertz CT molecular complexity index is 1170. The van der Waals surface area contributed by atoms with Crippen LogP contribution in [-0.2, 0) is 9.59 Å². The summed E-state index contributed by atoms with van der Waals surface area (Å²) in [5.41, 5.74) is 5.43. The molecule has 0 spiro atoms. The van der Waals surface area contributed by atoms with Gasteiger partial charge in [0.15, 0.2) is 0 Å². The minimum Gasteiger partial charge on any atom is -0.338 e. The number of carbonyl (C=O) groups excluding carboxylic acids is 2. The summed E-state index contributed by atoms with van der Waals surface area (Å²) in [4.78, 5) is 32.1. The highest BCUT2D eigenvalue weighted by molar-refractivity contribution is 8.00. The lowest BCUT2D eigenvalue weighted by molar-refractivity contribution is -0.114. The number of aromatic nitrogens is 2. The molecule has 156 valence electrons. The molecule has 0 unspecified atom stereocenters. The third-order valence-electron chi connectivity index (χ3n) is 4.63. The zero-order valence-corrected chi connectivity index (χ0v) is 17.8. The second kappa shape index (κ2) is 9.49. The van der Waals surface area contributed by atoms with Crippen molar-refractivity contribution in [3.05, 3.63) is 78.4 Å². The minimum absolute atomic E-state index is 0.128. The van der Waals surface area contributed by atoms with Gasteiger partial charge in [0.1, 0.15) is 5.82 Å². The highest BCUT2D eigenvalue weighted by Crippen LogP contribution is 2.22. The van der Waals surface area contributed by atoms with Crippen LogP contribution in [0.4, 0.5) is 11.4 Å². The lowest BCUT2D eigenvalue weighted by Crippen LogP contribution is -2.18. The molecule has 3 aromatic carbocycles. The van der Waals surface area contributed by atoms with E-state index in [-0.39, 0.29) is 23.3 Å². The molecule has 0 saturated carbocycles. The van der Waals surface area contributed by atoms with E-state index in [0.29, 0.717) is 5.69 Å². The number of aryl methyl sites for hydroxylation is 1. The zero-order chi connectivity index (χ0) is 21.6.